The van der Waals surface area contributed by atoms with Crippen LogP contribution >= 0.6 is 27.3 Å². The largest absolute Gasteiger partial charge is 0.293 e. The van der Waals surface area contributed by atoms with E-state index in [9.17, 15) is 0 Å². The summed E-state index contributed by atoms with van der Waals surface area (Å²) in [4.78, 5) is 8.14. The fourth-order valence-corrected chi connectivity index (χ4v) is 3.18. The van der Waals surface area contributed by atoms with Gasteiger partial charge in [0.15, 0.2) is 0 Å². The van der Waals surface area contributed by atoms with Crippen molar-refractivity contribution in [3.63, 3.8) is 0 Å². The van der Waals surface area contributed by atoms with Crippen LogP contribution in [0.15, 0.2) is 40.3 Å². The first-order valence-corrected chi connectivity index (χ1v) is 7.25. The van der Waals surface area contributed by atoms with Crippen LogP contribution in [0, 0.1) is 0 Å². The molecule has 90 valence electrons. The molecule has 0 radical (unpaired) electrons. The zero-order valence-corrected chi connectivity index (χ0v) is 12.2. The Morgan fingerprint density at radius 3 is 2.71 bits per heavy atom. The van der Waals surface area contributed by atoms with Crippen molar-refractivity contribution in [2.75, 3.05) is 6.54 Å². The summed E-state index contributed by atoms with van der Waals surface area (Å²) in [5.74, 6) is 0. The highest BCUT2D eigenvalue weighted by atomic mass is 79.9. The summed E-state index contributed by atoms with van der Waals surface area (Å²) in [6, 6.07) is 10.4. The van der Waals surface area contributed by atoms with E-state index in [-0.39, 0.29) is 0 Å². The van der Waals surface area contributed by atoms with Crippen LogP contribution in [0.25, 0.3) is 0 Å². The predicted octanol–water partition coefficient (Wildman–Crippen LogP) is 3.93. The molecule has 0 aliphatic heterocycles. The van der Waals surface area contributed by atoms with Gasteiger partial charge >= 0.3 is 0 Å². The molecule has 0 saturated heterocycles. The number of hydrogen-bond donors (Lipinski definition) is 0. The molecule has 0 fully saturated rings. The Balaban J connectivity index is 1.98. The summed E-state index contributed by atoms with van der Waals surface area (Å²) in [6.07, 6.45) is 1.85. The number of hydrogen-bond acceptors (Lipinski definition) is 3. The van der Waals surface area contributed by atoms with Crippen molar-refractivity contribution in [1.82, 2.24) is 9.88 Å². The highest BCUT2D eigenvalue weighted by Crippen LogP contribution is 2.23. The summed E-state index contributed by atoms with van der Waals surface area (Å²) in [6.45, 7) is 5.12. The van der Waals surface area contributed by atoms with Crippen molar-refractivity contribution in [2.45, 2.75) is 20.0 Å². The van der Waals surface area contributed by atoms with Crippen molar-refractivity contribution in [1.29, 1.82) is 0 Å². The van der Waals surface area contributed by atoms with Gasteiger partial charge in [-0.1, -0.05) is 13.0 Å². The topological polar surface area (TPSA) is 16.1 Å². The molecule has 0 aliphatic carbocycles. The van der Waals surface area contributed by atoms with Gasteiger partial charge in [-0.25, -0.2) is 0 Å². The molecule has 2 aromatic rings. The molecule has 0 amide bonds. The van der Waals surface area contributed by atoms with Gasteiger partial charge < -0.3 is 0 Å². The molecule has 0 saturated carbocycles. The van der Waals surface area contributed by atoms with Crippen molar-refractivity contribution in [3.8, 4) is 0 Å². The molecule has 17 heavy (non-hydrogen) atoms. The van der Waals surface area contributed by atoms with E-state index in [0.717, 1.165) is 25.3 Å². The molecule has 2 rings (SSSR count). The van der Waals surface area contributed by atoms with Gasteiger partial charge in [-0.3, -0.25) is 9.88 Å². The van der Waals surface area contributed by atoms with Crippen LogP contribution in [0.2, 0.25) is 0 Å². The van der Waals surface area contributed by atoms with Crippen LogP contribution in [0.4, 0.5) is 0 Å². The normalized spacial score (nSPS) is 11.0. The number of pyridine rings is 1. The van der Waals surface area contributed by atoms with Gasteiger partial charge in [0, 0.05) is 24.2 Å². The van der Waals surface area contributed by atoms with E-state index in [1.54, 1.807) is 11.3 Å². The summed E-state index contributed by atoms with van der Waals surface area (Å²) in [5.41, 5.74) is 1.13. The van der Waals surface area contributed by atoms with E-state index >= 15 is 0 Å². The van der Waals surface area contributed by atoms with Crippen LogP contribution in [-0.4, -0.2) is 16.4 Å². The molecule has 0 aromatic carbocycles. The summed E-state index contributed by atoms with van der Waals surface area (Å²) in [5, 5.41) is 0. The average molecular weight is 311 g/mol. The third kappa shape index (κ3) is 3.91. The average Bonchev–Trinajstić information content (AvgIpc) is 2.75. The van der Waals surface area contributed by atoms with E-state index < -0.39 is 0 Å². The Bertz CT molecular complexity index is 455. The van der Waals surface area contributed by atoms with Crippen molar-refractivity contribution < 1.29 is 0 Å². The second kappa shape index (κ2) is 6.28. The standard InChI is InChI=1S/C13H15BrN2S/c1-2-16(9-11-5-3-4-8-15-11)10-12-6-7-13(14)17-12/h3-8H,2,9-10H2,1H3. The third-order valence-corrected chi connectivity index (χ3v) is 4.18. The van der Waals surface area contributed by atoms with Crippen molar-refractivity contribution in [2.24, 2.45) is 0 Å². The number of aromatic nitrogens is 1. The van der Waals surface area contributed by atoms with E-state index in [1.807, 2.05) is 18.3 Å². The lowest BCUT2D eigenvalue weighted by molar-refractivity contribution is 0.270. The van der Waals surface area contributed by atoms with Gasteiger partial charge in [0.25, 0.3) is 0 Å². The highest BCUT2D eigenvalue weighted by Gasteiger charge is 2.07. The molecule has 0 bridgehead atoms. The Labute approximate surface area is 114 Å². The Morgan fingerprint density at radius 1 is 1.24 bits per heavy atom. The van der Waals surface area contributed by atoms with Crippen molar-refractivity contribution >= 4 is 27.3 Å². The zero-order chi connectivity index (χ0) is 12.1. The Morgan fingerprint density at radius 2 is 2.12 bits per heavy atom. The third-order valence-electron chi connectivity index (χ3n) is 2.57. The summed E-state index contributed by atoms with van der Waals surface area (Å²) in [7, 11) is 0. The molecule has 0 atom stereocenters. The van der Waals surface area contributed by atoms with Gasteiger partial charge in [-0.2, -0.15) is 0 Å². The van der Waals surface area contributed by atoms with Crippen LogP contribution in [0.5, 0.6) is 0 Å². The number of rotatable bonds is 5. The van der Waals surface area contributed by atoms with E-state index in [1.165, 1.54) is 8.66 Å². The molecule has 0 spiro atoms. The van der Waals surface area contributed by atoms with Gasteiger partial charge in [0.05, 0.1) is 9.48 Å². The molecule has 2 heterocycles. The zero-order valence-electron chi connectivity index (χ0n) is 9.77. The molecule has 2 aromatic heterocycles. The molecule has 2 nitrogen and oxygen atoms in total. The van der Waals surface area contributed by atoms with Gasteiger partial charge in [0.2, 0.25) is 0 Å². The second-order valence-corrected chi connectivity index (χ2v) is 6.38. The number of nitrogens with zero attached hydrogens (tertiary/aromatic N) is 2. The minimum Gasteiger partial charge on any atom is -0.293 e. The van der Waals surface area contributed by atoms with Gasteiger partial charge in [-0.15, -0.1) is 11.3 Å². The maximum atomic E-state index is 4.37. The van der Waals surface area contributed by atoms with E-state index in [4.69, 9.17) is 0 Å². The lowest BCUT2D eigenvalue weighted by Crippen LogP contribution is -2.22. The lowest BCUT2D eigenvalue weighted by Gasteiger charge is -2.18. The number of thiophene rings is 1. The SMILES string of the molecule is CCN(Cc1ccccn1)Cc1ccc(Br)s1. The quantitative estimate of drug-likeness (QED) is 0.832. The minimum atomic E-state index is 0.910. The summed E-state index contributed by atoms with van der Waals surface area (Å²) >= 11 is 5.30. The fourth-order valence-electron chi connectivity index (χ4n) is 1.66. The smallest absolute Gasteiger partial charge is 0.0701 e. The van der Waals surface area contributed by atoms with Gasteiger partial charge in [0.1, 0.15) is 0 Å². The van der Waals surface area contributed by atoms with Crippen LogP contribution in [0.3, 0.4) is 0 Å². The first kappa shape index (κ1) is 12.7. The molecule has 0 unspecified atom stereocenters. The lowest BCUT2D eigenvalue weighted by atomic mass is 10.3. The monoisotopic (exact) mass is 310 g/mol. The van der Waals surface area contributed by atoms with Crippen LogP contribution < -0.4 is 0 Å². The summed E-state index contributed by atoms with van der Waals surface area (Å²) < 4.78 is 1.20. The predicted molar refractivity (Wildman–Crippen MR) is 76.0 cm³/mol. The van der Waals surface area contributed by atoms with E-state index in [0.29, 0.717) is 0 Å². The minimum absolute atomic E-state index is 0.910. The second-order valence-electron chi connectivity index (χ2n) is 3.83. The van der Waals surface area contributed by atoms with E-state index in [2.05, 4.69) is 50.9 Å². The van der Waals surface area contributed by atoms with Gasteiger partial charge in [-0.05, 0) is 46.7 Å². The first-order valence-electron chi connectivity index (χ1n) is 5.64. The molecule has 4 heteroatoms. The molecule has 0 aliphatic rings. The maximum absolute atomic E-state index is 4.37. The van der Waals surface area contributed by atoms with Crippen LogP contribution in [0.1, 0.15) is 17.5 Å². The molecule has 0 N–H and O–H groups in total. The Hall–Kier alpha value is -0.710. The molecular formula is C13H15BrN2S. The number of halogens is 1. The molecular weight excluding hydrogens is 296 g/mol. The van der Waals surface area contributed by atoms with Crippen LogP contribution in [-0.2, 0) is 13.1 Å². The highest BCUT2D eigenvalue weighted by molar-refractivity contribution is 9.11. The first-order chi connectivity index (χ1) is 8.28. The Kier molecular flexibility index (Phi) is 4.71. The van der Waals surface area contributed by atoms with Crippen molar-refractivity contribution in [3.05, 3.63) is 50.9 Å². The fraction of sp³-hybridized carbons (Fsp3) is 0.308. The maximum Gasteiger partial charge on any atom is 0.0701 e.